The number of carbonyl (C=O) groups is 2. The molecule has 6 nitrogen and oxygen atoms in total. The molecule has 0 saturated heterocycles. The average molecular weight is 299 g/mol. The average Bonchev–Trinajstić information content (AvgIpc) is 2.70. The summed E-state index contributed by atoms with van der Waals surface area (Å²) in [5.74, 6) is -0.734. The van der Waals surface area contributed by atoms with Crippen LogP contribution in [0.2, 0.25) is 0 Å². The fourth-order valence-corrected chi connectivity index (χ4v) is 2.80. The number of hydrogen-bond acceptors (Lipinski definition) is 6. The van der Waals surface area contributed by atoms with E-state index in [4.69, 9.17) is 16.2 Å². The maximum Gasteiger partial charge on any atom is 0.253 e. The van der Waals surface area contributed by atoms with Crippen molar-refractivity contribution in [2.45, 2.75) is 33.3 Å². The monoisotopic (exact) mass is 299 g/mol. The van der Waals surface area contributed by atoms with Gasteiger partial charge in [0.15, 0.2) is 5.78 Å². The molecule has 0 radical (unpaired) electrons. The van der Waals surface area contributed by atoms with E-state index in [9.17, 15) is 9.59 Å². The van der Waals surface area contributed by atoms with E-state index in [1.54, 1.807) is 6.92 Å². The Kier molecular flexibility index (Phi) is 5.97. The van der Waals surface area contributed by atoms with Crippen molar-refractivity contribution < 1.29 is 14.3 Å². The lowest BCUT2D eigenvalue weighted by Gasteiger charge is -2.09. The van der Waals surface area contributed by atoms with Gasteiger partial charge in [0.1, 0.15) is 5.00 Å². The Labute approximate surface area is 122 Å². The number of amides is 1. The minimum Gasteiger partial charge on any atom is -0.397 e. The van der Waals surface area contributed by atoms with Gasteiger partial charge in [-0.3, -0.25) is 9.59 Å². The number of primary amides is 1. The maximum atomic E-state index is 11.8. The predicted octanol–water partition coefficient (Wildman–Crippen LogP) is 1.86. The minimum absolute atomic E-state index is 0.0959. The van der Waals surface area contributed by atoms with Gasteiger partial charge in [0, 0.05) is 13.0 Å². The number of hydrogen-bond donors (Lipinski definition) is 3. The van der Waals surface area contributed by atoms with E-state index < -0.39 is 5.91 Å². The Bertz CT molecular complexity index is 497. The van der Waals surface area contributed by atoms with E-state index in [0.717, 1.165) is 11.3 Å². The molecule has 0 aliphatic carbocycles. The van der Waals surface area contributed by atoms with Gasteiger partial charge in [0.25, 0.3) is 5.91 Å². The van der Waals surface area contributed by atoms with Crippen LogP contribution in [0, 0.1) is 0 Å². The third-order valence-corrected chi connectivity index (χ3v) is 3.81. The molecule has 112 valence electrons. The molecule has 0 bridgehead atoms. The van der Waals surface area contributed by atoms with Gasteiger partial charge in [-0.25, -0.2) is 0 Å². The maximum absolute atomic E-state index is 11.8. The third kappa shape index (κ3) is 3.94. The first kappa shape index (κ1) is 16.5. The lowest BCUT2D eigenvalue weighted by Crippen LogP contribution is -2.17. The van der Waals surface area contributed by atoms with Crippen molar-refractivity contribution in [2.75, 3.05) is 24.2 Å². The highest BCUT2D eigenvalue weighted by Crippen LogP contribution is 2.36. The molecule has 0 fully saturated rings. The highest BCUT2D eigenvalue weighted by atomic mass is 32.1. The van der Waals surface area contributed by atoms with E-state index in [-0.39, 0.29) is 23.1 Å². The molecule has 5 N–H and O–H groups in total. The second-order valence-electron chi connectivity index (χ2n) is 4.54. The molecule has 1 heterocycles. The first-order chi connectivity index (χ1) is 9.38. The lowest BCUT2D eigenvalue weighted by molar-refractivity contribution is 0.0870. The van der Waals surface area contributed by atoms with Crippen molar-refractivity contribution in [1.82, 2.24) is 0 Å². The van der Waals surface area contributed by atoms with Gasteiger partial charge in [-0.1, -0.05) is 6.92 Å². The van der Waals surface area contributed by atoms with Crippen molar-refractivity contribution in [2.24, 2.45) is 5.73 Å². The van der Waals surface area contributed by atoms with Crippen LogP contribution in [-0.4, -0.2) is 30.9 Å². The van der Waals surface area contributed by atoms with Crippen LogP contribution < -0.4 is 16.8 Å². The Balaban J connectivity index is 2.89. The molecule has 0 unspecified atom stereocenters. The van der Waals surface area contributed by atoms with Crippen molar-refractivity contribution in [3.8, 4) is 0 Å². The Morgan fingerprint density at radius 3 is 2.55 bits per heavy atom. The number of nitrogens with one attached hydrogen (secondary N) is 1. The third-order valence-electron chi connectivity index (χ3n) is 2.60. The van der Waals surface area contributed by atoms with Gasteiger partial charge in [-0.2, -0.15) is 0 Å². The highest BCUT2D eigenvalue weighted by Gasteiger charge is 2.23. The SMILES string of the molecule is CCC(=O)c1sc(NCCOC(C)C)c(C(N)=O)c1N. The van der Waals surface area contributed by atoms with E-state index in [2.05, 4.69) is 5.32 Å². The first-order valence-corrected chi connectivity index (χ1v) is 7.30. The molecule has 7 heteroatoms. The summed E-state index contributed by atoms with van der Waals surface area (Å²) in [5, 5.41) is 3.58. The van der Waals surface area contributed by atoms with E-state index in [0.29, 0.717) is 29.5 Å². The second kappa shape index (κ2) is 7.25. The molecule has 0 saturated carbocycles. The molecule has 1 aromatic heterocycles. The van der Waals surface area contributed by atoms with E-state index in [1.165, 1.54) is 0 Å². The number of carbonyl (C=O) groups excluding carboxylic acids is 2. The highest BCUT2D eigenvalue weighted by molar-refractivity contribution is 7.19. The minimum atomic E-state index is -0.638. The lowest BCUT2D eigenvalue weighted by atomic mass is 10.1. The topological polar surface area (TPSA) is 107 Å². The zero-order valence-electron chi connectivity index (χ0n) is 12.0. The molecule has 0 aliphatic rings. The summed E-state index contributed by atoms with van der Waals surface area (Å²) in [5.41, 5.74) is 11.5. The fraction of sp³-hybridized carbons (Fsp3) is 0.538. The molecule has 1 aromatic rings. The standard InChI is InChI=1S/C13H21N3O3S/c1-4-8(17)11-10(14)9(12(15)18)13(20-11)16-5-6-19-7(2)3/h7,16H,4-6,14H2,1-3H3,(H2,15,18). The summed E-state index contributed by atoms with van der Waals surface area (Å²) in [7, 11) is 0. The van der Waals surface area contributed by atoms with Gasteiger partial charge < -0.3 is 21.5 Å². The molecule has 0 aromatic carbocycles. The van der Waals surface area contributed by atoms with Crippen LogP contribution in [0.3, 0.4) is 0 Å². The van der Waals surface area contributed by atoms with Gasteiger partial charge in [0.2, 0.25) is 0 Å². The fourth-order valence-electron chi connectivity index (χ4n) is 1.64. The molecular weight excluding hydrogens is 278 g/mol. The van der Waals surface area contributed by atoms with Crippen molar-refractivity contribution >= 4 is 33.7 Å². The number of ketones is 1. The van der Waals surface area contributed by atoms with Crippen LogP contribution in [-0.2, 0) is 4.74 Å². The smallest absolute Gasteiger partial charge is 0.253 e. The number of nitrogens with two attached hydrogens (primary N) is 2. The summed E-state index contributed by atoms with van der Waals surface area (Å²) in [4.78, 5) is 23.6. The largest absolute Gasteiger partial charge is 0.397 e. The number of anilines is 2. The van der Waals surface area contributed by atoms with Crippen LogP contribution >= 0.6 is 11.3 Å². The summed E-state index contributed by atoms with van der Waals surface area (Å²) in [6, 6.07) is 0. The number of rotatable bonds is 8. The molecule has 1 amide bonds. The zero-order valence-corrected chi connectivity index (χ0v) is 12.8. The zero-order chi connectivity index (χ0) is 15.3. The predicted molar refractivity (Wildman–Crippen MR) is 81.4 cm³/mol. The van der Waals surface area contributed by atoms with Crippen molar-refractivity contribution in [1.29, 1.82) is 0 Å². The van der Waals surface area contributed by atoms with Gasteiger partial charge in [-0.15, -0.1) is 11.3 Å². The first-order valence-electron chi connectivity index (χ1n) is 6.49. The van der Waals surface area contributed by atoms with Gasteiger partial charge >= 0.3 is 0 Å². The quantitative estimate of drug-likeness (QED) is 0.501. The van der Waals surface area contributed by atoms with Crippen LogP contribution in [0.1, 0.15) is 47.2 Å². The Morgan fingerprint density at radius 2 is 2.05 bits per heavy atom. The molecule has 0 aliphatic heterocycles. The van der Waals surface area contributed by atoms with Gasteiger partial charge in [-0.05, 0) is 13.8 Å². The second-order valence-corrected chi connectivity index (χ2v) is 5.56. The van der Waals surface area contributed by atoms with E-state index in [1.807, 2.05) is 13.8 Å². The molecule has 0 spiro atoms. The summed E-state index contributed by atoms with van der Waals surface area (Å²) < 4.78 is 5.40. The summed E-state index contributed by atoms with van der Waals surface area (Å²) in [6.07, 6.45) is 0.469. The van der Waals surface area contributed by atoms with Crippen molar-refractivity contribution in [3.05, 3.63) is 10.4 Å². The van der Waals surface area contributed by atoms with E-state index >= 15 is 0 Å². The Hall–Kier alpha value is -1.60. The summed E-state index contributed by atoms with van der Waals surface area (Å²) in [6.45, 7) is 6.63. The number of Topliss-reactive ketones (excluding diaryl/α,β-unsaturated/α-hetero) is 1. The van der Waals surface area contributed by atoms with Crippen LogP contribution in [0.25, 0.3) is 0 Å². The number of thiophene rings is 1. The van der Waals surface area contributed by atoms with Crippen LogP contribution in [0.4, 0.5) is 10.7 Å². The molecular formula is C13H21N3O3S. The number of nitrogen functional groups attached to an aromatic ring is 1. The summed E-state index contributed by atoms with van der Waals surface area (Å²) >= 11 is 1.16. The number of ether oxygens (including phenoxy) is 1. The van der Waals surface area contributed by atoms with Crippen molar-refractivity contribution in [3.63, 3.8) is 0 Å². The van der Waals surface area contributed by atoms with Gasteiger partial charge in [0.05, 0.1) is 28.8 Å². The molecule has 0 atom stereocenters. The molecule has 20 heavy (non-hydrogen) atoms. The van der Waals surface area contributed by atoms with Crippen LogP contribution in [0.15, 0.2) is 0 Å². The van der Waals surface area contributed by atoms with Crippen LogP contribution in [0.5, 0.6) is 0 Å². The normalized spacial score (nSPS) is 10.8. The Morgan fingerprint density at radius 1 is 1.40 bits per heavy atom. The molecule has 1 rings (SSSR count).